The normalized spacial score (nSPS) is 17.6. The Hall–Kier alpha value is -2.17. The molecule has 0 radical (unpaired) electrons. The van der Waals surface area contributed by atoms with Crippen LogP contribution in [0.3, 0.4) is 0 Å². The second kappa shape index (κ2) is 5.07. The van der Waals surface area contributed by atoms with E-state index in [-0.39, 0.29) is 24.7 Å². The lowest BCUT2D eigenvalue weighted by Gasteiger charge is -2.20. The maximum absolute atomic E-state index is 12.3. The van der Waals surface area contributed by atoms with Crippen LogP contribution in [-0.2, 0) is 20.8 Å². The number of hydrogen-bond acceptors (Lipinski definition) is 3. The first kappa shape index (κ1) is 14.2. The number of carbonyl (C=O) groups excluding carboxylic acids is 2. The topological polar surface area (TPSA) is 74.7 Å². The highest BCUT2D eigenvalue weighted by molar-refractivity contribution is 6.22. The van der Waals surface area contributed by atoms with Gasteiger partial charge in [-0.25, -0.2) is 4.90 Å². The Labute approximate surface area is 117 Å². The van der Waals surface area contributed by atoms with Crippen LogP contribution in [0.1, 0.15) is 32.3 Å². The second-order valence-electron chi connectivity index (χ2n) is 5.62. The van der Waals surface area contributed by atoms with Gasteiger partial charge in [-0.3, -0.25) is 14.4 Å². The molecule has 0 bridgehead atoms. The second-order valence-corrected chi connectivity index (χ2v) is 5.62. The van der Waals surface area contributed by atoms with E-state index in [4.69, 9.17) is 5.11 Å². The fourth-order valence-corrected chi connectivity index (χ4v) is 2.37. The summed E-state index contributed by atoms with van der Waals surface area (Å²) in [6.07, 6.45) is 0.443. The van der Waals surface area contributed by atoms with Crippen molar-refractivity contribution in [2.75, 3.05) is 4.90 Å². The molecule has 0 aliphatic carbocycles. The van der Waals surface area contributed by atoms with Crippen LogP contribution in [0.15, 0.2) is 24.3 Å². The molecule has 106 valence electrons. The molecule has 0 aromatic heterocycles. The number of rotatable bonds is 4. The third-order valence-electron chi connectivity index (χ3n) is 3.47. The van der Waals surface area contributed by atoms with Crippen LogP contribution >= 0.6 is 0 Å². The maximum Gasteiger partial charge on any atom is 0.303 e. The molecule has 5 heteroatoms. The molecule has 1 aromatic carbocycles. The van der Waals surface area contributed by atoms with E-state index >= 15 is 0 Å². The standard InChI is InChI=1S/C15H17NO4/c1-15(2)9-12(17)16(14(15)20)11-6-4-3-5-10(11)7-8-13(18)19/h3-6H,7-9H2,1-2H3,(H,18,19). The first-order valence-electron chi connectivity index (χ1n) is 6.50. The van der Waals surface area contributed by atoms with Gasteiger partial charge < -0.3 is 5.11 Å². The largest absolute Gasteiger partial charge is 0.481 e. The summed E-state index contributed by atoms with van der Waals surface area (Å²) in [6.45, 7) is 3.49. The molecule has 1 fully saturated rings. The minimum atomic E-state index is -0.904. The number of nitrogens with zero attached hydrogens (tertiary/aromatic N) is 1. The minimum absolute atomic E-state index is 0.0311. The van der Waals surface area contributed by atoms with Crippen LogP contribution in [0.2, 0.25) is 0 Å². The molecular formula is C15H17NO4. The monoisotopic (exact) mass is 275 g/mol. The minimum Gasteiger partial charge on any atom is -0.481 e. The van der Waals surface area contributed by atoms with Crippen LogP contribution in [0.5, 0.6) is 0 Å². The number of amides is 2. The van der Waals surface area contributed by atoms with Crippen LogP contribution in [-0.4, -0.2) is 22.9 Å². The van der Waals surface area contributed by atoms with Crippen LogP contribution in [0.4, 0.5) is 5.69 Å². The van der Waals surface area contributed by atoms with Gasteiger partial charge in [0.2, 0.25) is 11.8 Å². The summed E-state index contributed by atoms with van der Waals surface area (Å²) in [5.74, 6) is -1.37. The number of imide groups is 1. The van der Waals surface area contributed by atoms with E-state index in [9.17, 15) is 14.4 Å². The number of hydrogen-bond donors (Lipinski definition) is 1. The molecule has 2 rings (SSSR count). The van der Waals surface area contributed by atoms with Gasteiger partial charge >= 0.3 is 5.97 Å². The summed E-state index contributed by atoms with van der Waals surface area (Å²) in [5.41, 5.74) is 0.514. The Morgan fingerprint density at radius 2 is 1.95 bits per heavy atom. The summed E-state index contributed by atoms with van der Waals surface area (Å²) in [6, 6.07) is 6.96. The van der Waals surface area contributed by atoms with E-state index in [0.717, 1.165) is 0 Å². The third kappa shape index (κ3) is 2.57. The number of para-hydroxylation sites is 1. The Morgan fingerprint density at radius 3 is 2.50 bits per heavy atom. The fourth-order valence-electron chi connectivity index (χ4n) is 2.37. The average molecular weight is 275 g/mol. The molecule has 1 aliphatic rings. The van der Waals surface area contributed by atoms with E-state index in [1.807, 2.05) is 0 Å². The zero-order chi connectivity index (χ0) is 14.9. The van der Waals surface area contributed by atoms with Crippen LogP contribution in [0.25, 0.3) is 0 Å². The average Bonchev–Trinajstić information content (AvgIpc) is 2.56. The quantitative estimate of drug-likeness (QED) is 0.853. The molecule has 20 heavy (non-hydrogen) atoms. The Morgan fingerprint density at radius 1 is 1.30 bits per heavy atom. The molecule has 0 unspecified atom stereocenters. The molecule has 0 saturated carbocycles. The molecule has 0 atom stereocenters. The summed E-state index contributed by atoms with van der Waals surface area (Å²) in [7, 11) is 0. The molecule has 1 saturated heterocycles. The summed E-state index contributed by atoms with van der Waals surface area (Å²) in [5, 5.41) is 8.77. The number of carboxylic acids is 1. The Balaban J connectivity index is 2.35. The highest BCUT2D eigenvalue weighted by Crippen LogP contribution is 2.36. The highest BCUT2D eigenvalue weighted by Gasteiger charge is 2.45. The number of carboxylic acid groups (broad SMARTS) is 1. The predicted octanol–water partition coefficient (Wildman–Crippen LogP) is 1.99. The smallest absolute Gasteiger partial charge is 0.303 e. The van der Waals surface area contributed by atoms with Crippen molar-refractivity contribution in [2.45, 2.75) is 33.1 Å². The molecule has 1 N–H and O–H groups in total. The van der Waals surface area contributed by atoms with Gasteiger partial charge in [-0.2, -0.15) is 0 Å². The Bertz CT molecular complexity index is 577. The van der Waals surface area contributed by atoms with Crippen molar-refractivity contribution in [1.29, 1.82) is 0 Å². The number of benzene rings is 1. The van der Waals surface area contributed by atoms with Crippen molar-refractivity contribution in [3.63, 3.8) is 0 Å². The van der Waals surface area contributed by atoms with E-state index < -0.39 is 11.4 Å². The van der Waals surface area contributed by atoms with Crippen molar-refractivity contribution in [3.05, 3.63) is 29.8 Å². The number of aryl methyl sites for hydroxylation is 1. The van der Waals surface area contributed by atoms with E-state index in [2.05, 4.69) is 0 Å². The van der Waals surface area contributed by atoms with Crippen LogP contribution in [0, 0.1) is 5.41 Å². The highest BCUT2D eigenvalue weighted by atomic mass is 16.4. The van der Waals surface area contributed by atoms with Crippen molar-refractivity contribution in [2.24, 2.45) is 5.41 Å². The number of anilines is 1. The fraction of sp³-hybridized carbons (Fsp3) is 0.400. The third-order valence-corrected chi connectivity index (χ3v) is 3.47. The summed E-state index contributed by atoms with van der Waals surface area (Å²) in [4.78, 5) is 36.3. The first-order valence-corrected chi connectivity index (χ1v) is 6.50. The number of carbonyl (C=O) groups is 3. The van der Waals surface area contributed by atoms with Crippen molar-refractivity contribution >= 4 is 23.5 Å². The molecule has 1 heterocycles. The SMILES string of the molecule is CC1(C)CC(=O)N(c2ccccc2CCC(=O)O)C1=O. The van der Waals surface area contributed by atoms with Crippen molar-refractivity contribution in [3.8, 4) is 0 Å². The summed E-state index contributed by atoms with van der Waals surface area (Å²) < 4.78 is 0. The van der Waals surface area contributed by atoms with Gasteiger partial charge in [-0.05, 0) is 18.1 Å². The van der Waals surface area contributed by atoms with Crippen molar-refractivity contribution in [1.82, 2.24) is 0 Å². The van der Waals surface area contributed by atoms with Crippen molar-refractivity contribution < 1.29 is 19.5 Å². The zero-order valence-corrected chi connectivity index (χ0v) is 11.5. The van der Waals surface area contributed by atoms with Gasteiger partial charge in [0.15, 0.2) is 0 Å². The van der Waals surface area contributed by atoms with Gasteiger partial charge in [-0.1, -0.05) is 32.0 Å². The van der Waals surface area contributed by atoms with Gasteiger partial charge in [0.1, 0.15) is 0 Å². The first-order chi connectivity index (χ1) is 9.33. The molecule has 5 nitrogen and oxygen atoms in total. The molecule has 0 spiro atoms. The molecule has 1 aromatic rings. The molecule has 2 amide bonds. The molecular weight excluding hydrogens is 258 g/mol. The lowest BCUT2D eigenvalue weighted by Crippen LogP contribution is -2.33. The van der Waals surface area contributed by atoms with E-state index in [1.165, 1.54) is 4.90 Å². The molecule has 1 aliphatic heterocycles. The van der Waals surface area contributed by atoms with Gasteiger partial charge in [0.05, 0.1) is 11.1 Å². The Kier molecular flexibility index (Phi) is 3.61. The maximum atomic E-state index is 12.3. The van der Waals surface area contributed by atoms with Crippen LogP contribution < -0.4 is 4.90 Å². The summed E-state index contributed by atoms with van der Waals surface area (Å²) >= 11 is 0. The lowest BCUT2D eigenvalue weighted by molar-refractivity contribution is -0.137. The van der Waals surface area contributed by atoms with E-state index in [1.54, 1.807) is 38.1 Å². The van der Waals surface area contributed by atoms with E-state index in [0.29, 0.717) is 17.7 Å². The predicted molar refractivity (Wildman–Crippen MR) is 73.3 cm³/mol. The lowest BCUT2D eigenvalue weighted by atomic mass is 9.92. The van der Waals surface area contributed by atoms with Gasteiger partial charge in [0.25, 0.3) is 0 Å². The van der Waals surface area contributed by atoms with Gasteiger partial charge in [0, 0.05) is 12.8 Å². The van der Waals surface area contributed by atoms with Gasteiger partial charge in [-0.15, -0.1) is 0 Å². The number of aliphatic carboxylic acids is 1. The zero-order valence-electron chi connectivity index (χ0n) is 11.5.